The summed E-state index contributed by atoms with van der Waals surface area (Å²) in [5.41, 5.74) is 0. The lowest BCUT2D eigenvalue weighted by atomic mass is 9.92. The van der Waals surface area contributed by atoms with Crippen LogP contribution in [0.4, 0.5) is 0 Å². The van der Waals surface area contributed by atoms with Gasteiger partial charge in [0.2, 0.25) is 5.91 Å². The minimum Gasteiger partial charge on any atom is -0.478 e. The molecule has 0 bridgehead atoms. The predicted octanol–water partition coefficient (Wildman–Crippen LogP) is 0.247. The zero-order valence-corrected chi connectivity index (χ0v) is 9.30. The van der Waals surface area contributed by atoms with Crippen LogP contribution in [0.15, 0.2) is 12.2 Å². The fourth-order valence-electron chi connectivity index (χ4n) is 1.85. The van der Waals surface area contributed by atoms with Gasteiger partial charge in [0.15, 0.2) is 0 Å². The molecule has 1 rings (SSSR count). The Morgan fingerprint density at radius 3 is 2.31 bits per heavy atom. The summed E-state index contributed by atoms with van der Waals surface area (Å²) in [5, 5.41) is 17.8. The van der Waals surface area contributed by atoms with Gasteiger partial charge in [-0.1, -0.05) is 0 Å². The molecule has 1 atom stereocenters. The summed E-state index contributed by atoms with van der Waals surface area (Å²) in [6.07, 6.45) is 3.12. The predicted molar refractivity (Wildman–Crippen MR) is 57.8 cm³/mol. The number of carboxylic acid groups (broad SMARTS) is 1. The Labute approximate surface area is 94.4 Å². The van der Waals surface area contributed by atoms with Gasteiger partial charge in [0.1, 0.15) is 0 Å². The van der Waals surface area contributed by atoms with Gasteiger partial charge in [0.05, 0.1) is 6.10 Å². The molecular formula is C11H17NO4. The highest BCUT2D eigenvalue weighted by atomic mass is 16.4. The van der Waals surface area contributed by atoms with Crippen molar-refractivity contribution in [3.63, 3.8) is 0 Å². The van der Waals surface area contributed by atoms with Gasteiger partial charge in [-0.15, -0.1) is 0 Å². The van der Waals surface area contributed by atoms with Crippen molar-refractivity contribution < 1.29 is 19.8 Å². The molecule has 0 unspecified atom stereocenters. The van der Waals surface area contributed by atoms with E-state index in [9.17, 15) is 14.7 Å². The highest BCUT2D eigenvalue weighted by Gasteiger charge is 2.24. The molecule has 0 aromatic carbocycles. The van der Waals surface area contributed by atoms with Crippen LogP contribution in [0.5, 0.6) is 0 Å². The maximum Gasteiger partial charge on any atom is 0.328 e. The van der Waals surface area contributed by atoms with Crippen LogP contribution < -0.4 is 0 Å². The van der Waals surface area contributed by atoms with Crippen LogP contribution in [0, 0.1) is 5.92 Å². The molecule has 0 radical (unpaired) electrons. The van der Waals surface area contributed by atoms with Crippen molar-refractivity contribution in [3.8, 4) is 0 Å². The largest absolute Gasteiger partial charge is 0.478 e. The van der Waals surface area contributed by atoms with Crippen LogP contribution in [0.25, 0.3) is 0 Å². The second-order valence-electron chi connectivity index (χ2n) is 4.07. The zero-order chi connectivity index (χ0) is 12.1. The molecule has 0 spiro atoms. The molecule has 16 heavy (non-hydrogen) atoms. The van der Waals surface area contributed by atoms with Gasteiger partial charge in [-0.2, -0.15) is 0 Å². The second-order valence-corrected chi connectivity index (χ2v) is 4.07. The van der Waals surface area contributed by atoms with Crippen molar-refractivity contribution in [1.29, 1.82) is 0 Å². The summed E-state index contributed by atoms with van der Waals surface area (Å²) in [5.74, 6) is -1.15. The van der Waals surface area contributed by atoms with E-state index in [4.69, 9.17) is 5.11 Å². The molecule has 1 aliphatic heterocycles. The molecule has 1 saturated heterocycles. The van der Waals surface area contributed by atoms with Gasteiger partial charge in [0.25, 0.3) is 0 Å². The van der Waals surface area contributed by atoms with Gasteiger partial charge >= 0.3 is 5.97 Å². The van der Waals surface area contributed by atoms with E-state index in [0.29, 0.717) is 13.1 Å². The molecule has 0 aromatic rings. The third-order valence-corrected chi connectivity index (χ3v) is 2.90. The quantitative estimate of drug-likeness (QED) is 0.677. The van der Waals surface area contributed by atoms with Crippen LogP contribution >= 0.6 is 0 Å². The van der Waals surface area contributed by atoms with E-state index >= 15 is 0 Å². The van der Waals surface area contributed by atoms with Crippen molar-refractivity contribution >= 4 is 11.9 Å². The molecule has 1 fully saturated rings. The smallest absolute Gasteiger partial charge is 0.328 e. The van der Waals surface area contributed by atoms with Crippen molar-refractivity contribution in [2.75, 3.05) is 13.1 Å². The third kappa shape index (κ3) is 3.66. The number of carbonyl (C=O) groups is 2. The topological polar surface area (TPSA) is 77.8 Å². The molecule has 0 aliphatic carbocycles. The average Bonchev–Trinajstić information content (AvgIpc) is 2.26. The van der Waals surface area contributed by atoms with Crippen LogP contribution in [0.1, 0.15) is 19.8 Å². The number of aliphatic carboxylic acids is 1. The first-order valence-corrected chi connectivity index (χ1v) is 5.38. The monoisotopic (exact) mass is 227 g/mol. The minimum atomic E-state index is -1.12. The Balaban J connectivity index is 2.42. The summed E-state index contributed by atoms with van der Waals surface area (Å²) >= 11 is 0. The van der Waals surface area contributed by atoms with E-state index in [1.807, 2.05) is 0 Å². The van der Waals surface area contributed by atoms with Gasteiger partial charge in [-0.05, 0) is 25.7 Å². The second kappa shape index (κ2) is 5.65. The number of aliphatic hydroxyl groups excluding tert-OH is 1. The van der Waals surface area contributed by atoms with Gasteiger partial charge < -0.3 is 15.1 Å². The lowest BCUT2D eigenvalue weighted by Crippen LogP contribution is -2.40. The molecule has 1 amide bonds. The first kappa shape index (κ1) is 12.7. The number of carboxylic acids is 1. The number of carbonyl (C=O) groups excluding carboxylic acids is 1. The lowest BCUT2D eigenvalue weighted by Gasteiger charge is -2.32. The van der Waals surface area contributed by atoms with Gasteiger partial charge in [0, 0.05) is 25.2 Å². The van der Waals surface area contributed by atoms with E-state index in [-0.39, 0.29) is 17.9 Å². The van der Waals surface area contributed by atoms with Crippen molar-refractivity contribution in [3.05, 3.63) is 12.2 Å². The highest BCUT2D eigenvalue weighted by Crippen LogP contribution is 2.20. The first-order chi connectivity index (χ1) is 7.50. The van der Waals surface area contributed by atoms with Crippen molar-refractivity contribution in [1.82, 2.24) is 4.90 Å². The Morgan fingerprint density at radius 2 is 1.88 bits per heavy atom. The number of piperidine rings is 1. The number of likely N-dealkylation sites (tertiary alicyclic amines) is 1. The first-order valence-electron chi connectivity index (χ1n) is 5.38. The minimum absolute atomic E-state index is 0.243. The Hall–Kier alpha value is -1.36. The molecule has 1 heterocycles. The Morgan fingerprint density at radius 1 is 1.31 bits per heavy atom. The lowest BCUT2D eigenvalue weighted by molar-refractivity contribution is -0.132. The van der Waals surface area contributed by atoms with E-state index in [2.05, 4.69) is 0 Å². The van der Waals surface area contributed by atoms with E-state index in [1.165, 1.54) is 0 Å². The van der Waals surface area contributed by atoms with Crippen molar-refractivity contribution in [2.24, 2.45) is 5.92 Å². The Bertz CT molecular complexity index is 290. The molecule has 5 heteroatoms. The summed E-state index contributed by atoms with van der Waals surface area (Å²) < 4.78 is 0. The molecule has 5 nitrogen and oxygen atoms in total. The summed E-state index contributed by atoms with van der Waals surface area (Å²) in [7, 11) is 0. The molecule has 90 valence electrons. The number of hydrogen-bond donors (Lipinski definition) is 2. The van der Waals surface area contributed by atoms with Crippen molar-refractivity contribution in [2.45, 2.75) is 25.9 Å². The maximum absolute atomic E-state index is 11.5. The summed E-state index contributed by atoms with van der Waals surface area (Å²) in [4.78, 5) is 23.3. The van der Waals surface area contributed by atoms with Crippen LogP contribution in [-0.2, 0) is 9.59 Å². The normalized spacial score (nSPS) is 20.0. The SMILES string of the molecule is C[C@@H](O)C1CCN(C(=O)/C=C/C(=O)O)CC1. The van der Waals surface area contributed by atoms with Crippen LogP contribution in [0.3, 0.4) is 0 Å². The fourth-order valence-corrected chi connectivity index (χ4v) is 1.85. The van der Waals surface area contributed by atoms with Crippen LogP contribution in [0.2, 0.25) is 0 Å². The average molecular weight is 227 g/mol. The molecule has 0 aromatic heterocycles. The van der Waals surface area contributed by atoms with Gasteiger partial charge in [-0.25, -0.2) is 4.79 Å². The third-order valence-electron chi connectivity index (χ3n) is 2.90. The summed E-state index contributed by atoms with van der Waals surface area (Å²) in [6, 6.07) is 0. The Kier molecular flexibility index (Phi) is 4.49. The van der Waals surface area contributed by atoms with Crippen LogP contribution in [-0.4, -0.2) is 46.2 Å². The number of hydrogen-bond acceptors (Lipinski definition) is 3. The fraction of sp³-hybridized carbons (Fsp3) is 0.636. The number of aliphatic hydroxyl groups is 1. The standard InChI is InChI=1S/C11H17NO4/c1-8(13)9-4-6-12(7-5-9)10(14)2-3-11(15)16/h2-3,8-9,13H,4-7H2,1H3,(H,15,16)/b3-2+/t8-/m1/s1. The molecule has 2 N–H and O–H groups in total. The van der Waals surface area contributed by atoms with E-state index in [0.717, 1.165) is 25.0 Å². The number of amides is 1. The van der Waals surface area contributed by atoms with E-state index < -0.39 is 5.97 Å². The summed E-state index contributed by atoms with van der Waals surface area (Å²) in [6.45, 7) is 2.92. The number of rotatable bonds is 3. The molecule has 1 aliphatic rings. The number of nitrogens with zero attached hydrogens (tertiary/aromatic N) is 1. The highest BCUT2D eigenvalue weighted by molar-refractivity contribution is 5.93. The molecular weight excluding hydrogens is 210 g/mol. The zero-order valence-electron chi connectivity index (χ0n) is 9.30. The van der Waals surface area contributed by atoms with Gasteiger partial charge in [-0.3, -0.25) is 4.79 Å². The molecule has 0 saturated carbocycles. The van der Waals surface area contributed by atoms with E-state index in [1.54, 1.807) is 11.8 Å². The maximum atomic E-state index is 11.5.